The summed E-state index contributed by atoms with van der Waals surface area (Å²) >= 11 is 0. The number of hydrogen-bond donors (Lipinski definition) is 3. The summed E-state index contributed by atoms with van der Waals surface area (Å²) in [6.07, 6.45) is 5.47. The number of pyridine rings is 1. The van der Waals surface area contributed by atoms with Crippen LogP contribution in [0.15, 0.2) is 145 Å². The van der Waals surface area contributed by atoms with Gasteiger partial charge < -0.3 is 19.7 Å². The van der Waals surface area contributed by atoms with Crippen molar-refractivity contribution >= 4 is 41.1 Å². The molecule has 1 heterocycles. The minimum atomic E-state index is -2.83. The van der Waals surface area contributed by atoms with E-state index in [-0.39, 0.29) is 24.0 Å². The maximum atomic E-state index is 11.6. The zero-order chi connectivity index (χ0) is 34.1. The predicted octanol–water partition coefficient (Wildman–Crippen LogP) is 7.67. The standard InChI is InChI=1S/C42H45NO4Si/c1-31(30-47-48(42(2,3)4,34-15-7-5-8-16-34)35-17-9-6-10-18-35)36(26-28-44)40(45)25-23-33(39-21-13-14-27-43-39)29-32-22-24-41(46)38-20-12-11-19-37(32)38/h5-22,24,26-27,29,40,44-46H,1,23,25,28,30H2,2-4H3/b33-29-,36-26-. The average Bonchev–Trinajstić information content (AvgIpc) is 3.11. The van der Waals surface area contributed by atoms with Crippen molar-refractivity contribution in [3.05, 3.63) is 157 Å². The third kappa shape index (κ3) is 7.59. The molecule has 0 saturated heterocycles. The molecular weight excluding hydrogens is 611 g/mol. The summed E-state index contributed by atoms with van der Waals surface area (Å²) in [5.74, 6) is 0.232. The van der Waals surface area contributed by atoms with Crippen molar-refractivity contribution in [2.75, 3.05) is 13.2 Å². The topological polar surface area (TPSA) is 82.8 Å². The molecule has 5 rings (SSSR count). The number of fused-ring (bicyclic) bond motifs is 1. The fourth-order valence-electron chi connectivity index (χ4n) is 6.55. The molecule has 0 aliphatic rings. The summed E-state index contributed by atoms with van der Waals surface area (Å²) in [7, 11) is -2.83. The lowest BCUT2D eigenvalue weighted by atomic mass is 9.93. The van der Waals surface area contributed by atoms with E-state index >= 15 is 0 Å². The minimum Gasteiger partial charge on any atom is -0.507 e. The molecule has 0 bridgehead atoms. The molecule has 1 unspecified atom stereocenters. The highest BCUT2D eigenvalue weighted by Gasteiger charge is 2.50. The van der Waals surface area contributed by atoms with Crippen molar-refractivity contribution in [1.82, 2.24) is 4.98 Å². The second-order valence-corrected chi connectivity index (χ2v) is 17.4. The molecule has 1 aromatic heterocycles. The van der Waals surface area contributed by atoms with E-state index in [4.69, 9.17) is 4.43 Å². The number of aliphatic hydroxyl groups is 2. The summed E-state index contributed by atoms with van der Waals surface area (Å²) in [5, 5.41) is 35.9. The Bertz CT molecular complexity index is 1840. The van der Waals surface area contributed by atoms with Crippen molar-refractivity contribution in [2.45, 2.75) is 44.8 Å². The van der Waals surface area contributed by atoms with Crippen molar-refractivity contribution in [3.63, 3.8) is 0 Å². The summed E-state index contributed by atoms with van der Waals surface area (Å²) in [4.78, 5) is 4.62. The first-order valence-electron chi connectivity index (χ1n) is 16.4. The van der Waals surface area contributed by atoms with Crippen LogP contribution in [0, 0.1) is 0 Å². The second-order valence-electron chi connectivity index (χ2n) is 13.1. The molecule has 0 spiro atoms. The highest BCUT2D eigenvalue weighted by molar-refractivity contribution is 6.99. The molecule has 5 nitrogen and oxygen atoms in total. The van der Waals surface area contributed by atoms with Crippen molar-refractivity contribution in [2.24, 2.45) is 0 Å². The number of rotatable bonds is 13. The van der Waals surface area contributed by atoms with Crippen molar-refractivity contribution < 1.29 is 19.7 Å². The van der Waals surface area contributed by atoms with Gasteiger partial charge in [0, 0.05) is 11.6 Å². The predicted molar refractivity (Wildman–Crippen MR) is 201 cm³/mol. The third-order valence-corrected chi connectivity index (χ3v) is 13.9. The SMILES string of the molecule is C=C(CO[Si](c1ccccc1)(c1ccccc1)C(C)(C)C)/C(=C/CO)C(O)CC/C(=C/c1ccc(O)c2ccccc12)c1ccccn1. The summed E-state index contributed by atoms with van der Waals surface area (Å²) in [5.41, 5.74) is 3.92. The van der Waals surface area contributed by atoms with Crippen LogP contribution in [0.2, 0.25) is 5.04 Å². The number of aromatic nitrogens is 1. The van der Waals surface area contributed by atoms with Crippen LogP contribution in [-0.4, -0.2) is 47.9 Å². The Balaban J connectivity index is 1.42. The molecule has 5 aromatic rings. The average molecular weight is 656 g/mol. The van der Waals surface area contributed by atoms with Crippen LogP contribution < -0.4 is 10.4 Å². The normalized spacial score (nSPS) is 13.4. The Morgan fingerprint density at radius 2 is 1.44 bits per heavy atom. The molecule has 3 N–H and O–H groups in total. The summed E-state index contributed by atoms with van der Waals surface area (Å²) < 4.78 is 7.09. The first-order valence-corrected chi connectivity index (χ1v) is 18.3. The van der Waals surface area contributed by atoms with Gasteiger partial charge in [-0.15, -0.1) is 0 Å². The zero-order valence-electron chi connectivity index (χ0n) is 28.0. The van der Waals surface area contributed by atoms with Gasteiger partial charge in [-0.1, -0.05) is 130 Å². The Hall–Kier alpha value is -4.59. The van der Waals surface area contributed by atoms with Gasteiger partial charge in [-0.05, 0) is 80.2 Å². The monoisotopic (exact) mass is 655 g/mol. The van der Waals surface area contributed by atoms with Crippen LogP contribution in [0.25, 0.3) is 22.4 Å². The fourth-order valence-corrected chi connectivity index (χ4v) is 11.1. The molecule has 246 valence electrons. The number of nitrogens with zero attached hydrogens (tertiary/aromatic N) is 1. The summed E-state index contributed by atoms with van der Waals surface area (Å²) in [6, 6.07) is 38.0. The molecule has 0 fully saturated rings. The summed E-state index contributed by atoms with van der Waals surface area (Å²) in [6.45, 7) is 11.0. The van der Waals surface area contributed by atoms with Crippen LogP contribution in [-0.2, 0) is 4.43 Å². The maximum absolute atomic E-state index is 11.6. The van der Waals surface area contributed by atoms with Crippen molar-refractivity contribution in [3.8, 4) is 5.75 Å². The lowest BCUT2D eigenvalue weighted by Crippen LogP contribution is -2.66. The third-order valence-electron chi connectivity index (χ3n) is 8.90. The number of phenols is 1. The van der Waals surface area contributed by atoms with E-state index in [1.54, 1.807) is 18.3 Å². The van der Waals surface area contributed by atoms with Crippen molar-refractivity contribution in [1.29, 1.82) is 0 Å². The molecular formula is C42H45NO4Si. The first kappa shape index (κ1) is 34.7. The van der Waals surface area contributed by atoms with Gasteiger partial charge in [0.25, 0.3) is 8.32 Å². The van der Waals surface area contributed by atoms with Crippen LogP contribution in [0.4, 0.5) is 0 Å². The van der Waals surface area contributed by atoms with Gasteiger partial charge in [0.15, 0.2) is 0 Å². The molecule has 0 aliphatic carbocycles. The Morgan fingerprint density at radius 3 is 2.02 bits per heavy atom. The molecule has 1 atom stereocenters. The number of allylic oxidation sites excluding steroid dienone is 1. The molecule has 0 saturated carbocycles. The first-order chi connectivity index (χ1) is 23.2. The van der Waals surface area contributed by atoms with Gasteiger partial charge in [-0.3, -0.25) is 4.98 Å². The largest absolute Gasteiger partial charge is 0.507 e. The highest BCUT2D eigenvalue weighted by Crippen LogP contribution is 2.38. The van der Waals surface area contributed by atoms with Crippen LogP contribution >= 0.6 is 0 Å². The van der Waals surface area contributed by atoms with Crippen LogP contribution in [0.3, 0.4) is 0 Å². The van der Waals surface area contributed by atoms with Gasteiger partial charge in [0.2, 0.25) is 0 Å². The van der Waals surface area contributed by atoms with E-state index in [2.05, 4.69) is 86.9 Å². The molecule has 0 radical (unpaired) electrons. The highest BCUT2D eigenvalue weighted by atomic mass is 28.4. The lowest BCUT2D eigenvalue weighted by molar-refractivity contribution is 0.199. The molecule has 6 heteroatoms. The number of phenolic OH excluding ortho intramolecular Hbond substituents is 1. The van der Waals surface area contributed by atoms with E-state index in [9.17, 15) is 15.3 Å². The molecule has 0 amide bonds. The van der Waals surface area contributed by atoms with E-state index < -0.39 is 14.4 Å². The van der Waals surface area contributed by atoms with E-state index in [1.807, 2.05) is 60.7 Å². The van der Waals surface area contributed by atoms with Gasteiger partial charge in [0.1, 0.15) is 5.75 Å². The molecule has 48 heavy (non-hydrogen) atoms. The maximum Gasteiger partial charge on any atom is 0.261 e. The number of benzene rings is 4. The van der Waals surface area contributed by atoms with E-state index in [0.717, 1.165) is 38.0 Å². The number of aliphatic hydroxyl groups excluding tert-OH is 2. The van der Waals surface area contributed by atoms with Gasteiger partial charge in [-0.2, -0.15) is 0 Å². The van der Waals surface area contributed by atoms with E-state index in [1.165, 1.54) is 0 Å². The fraction of sp³-hybridized carbons (Fsp3) is 0.214. The Labute approximate surface area is 285 Å². The van der Waals surface area contributed by atoms with Gasteiger partial charge >= 0.3 is 0 Å². The number of aromatic hydroxyl groups is 1. The van der Waals surface area contributed by atoms with Gasteiger partial charge in [-0.25, -0.2) is 0 Å². The number of hydrogen-bond acceptors (Lipinski definition) is 5. The Morgan fingerprint density at radius 1 is 0.833 bits per heavy atom. The van der Waals surface area contributed by atoms with Gasteiger partial charge in [0.05, 0.1) is 25.0 Å². The zero-order valence-corrected chi connectivity index (χ0v) is 29.0. The quantitative estimate of drug-likeness (QED) is 0.0896. The lowest BCUT2D eigenvalue weighted by Gasteiger charge is -2.43. The minimum absolute atomic E-state index is 0.207. The molecule has 4 aromatic carbocycles. The van der Waals surface area contributed by atoms with E-state index in [0.29, 0.717) is 24.0 Å². The van der Waals surface area contributed by atoms with Crippen LogP contribution in [0.5, 0.6) is 5.75 Å². The molecule has 0 aliphatic heterocycles. The van der Waals surface area contributed by atoms with Crippen LogP contribution in [0.1, 0.15) is 44.9 Å². The Kier molecular flexibility index (Phi) is 11.2. The second kappa shape index (κ2) is 15.5. The smallest absolute Gasteiger partial charge is 0.261 e.